The number of thioether (sulfide) groups is 1. The van der Waals surface area contributed by atoms with Crippen molar-refractivity contribution in [2.24, 2.45) is 5.92 Å². The van der Waals surface area contributed by atoms with Crippen LogP contribution in [0.5, 0.6) is 0 Å². The fraction of sp³-hybridized carbons (Fsp3) is 0.636. The van der Waals surface area contributed by atoms with Crippen LogP contribution >= 0.6 is 11.8 Å². The first-order valence-electron chi connectivity index (χ1n) is 5.34. The molecule has 1 N–H and O–H groups in total. The molecule has 3 nitrogen and oxygen atoms in total. The Kier molecular flexibility index (Phi) is 4.88. The first kappa shape index (κ1) is 12.3. The number of hydrogen-bond acceptors (Lipinski definition) is 4. The molecule has 0 amide bonds. The Bertz CT molecular complexity index is 290. The lowest BCUT2D eigenvalue weighted by Gasteiger charge is -2.07. The monoisotopic (exact) mass is 225 g/mol. The van der Waals surface area contributed by atoms with Crippen molar-refractivity contribution in [1.29, 1.82) is 0 Å². The summed E-state index contributed by atoms with van der Waals surface area (Å²) in [6.45, 7) is 6.51. The molecule has 0 bridgehead atoms. The minimum atomic E-state index is 0.688. The van der Waals surface area contributed by atoms with Gasteiger partial charge in [0.25, 0.3) is 0 Å². The van der Waals surface area contributed by atoms with Crippen molar-refractivity contribution >= 4 is 17.6 Å². The summed E-state index contributed by atoms with van der Waals surface area (Å²) in [7, 11) is 1.89. The van der Waals surface area contributed by atoms with Gasteiger partial charge in [-0.2, -0.15) is 0 Å². The highest BCUT2D eigenvalue weighted by Crippen LogP contribution is 2.20. The van der Waals surface area contributed by atoms with E-state index in [0.29, 0.717) is 5.92 Å². The van der Waals surface area contributed by atoms with Gasteiger partial charge in [0.05, 0.1) is 0 Å². The van der Waals surface area contributed by atoms with Crippen molar-refractivity contribution in [2.75, 3.05) is 18.1 Å². The van der Waals surface area contributed by atoms with Gasteiger partial charge in [-0.05, 0) is 5.92 Å². The second kappa shape index (κ2) is 5.95. The first-order chi connectivity index (χ1) is 7.15. The third-order valence-electron chi connectivity index (χ3n) is 1.89. The molecule has 0 aliphatic rings. The molecule has 0 atom stereocenters. The van der Waals surface area contributed by atoms with Crippen LogP contribution in [-0.4, -0.2) is 22.8 Å². The van der Waals surface area contributed by atoms with Crippen LogP contribution in [0.25, 0.3) is 0 Å². The highest BCUT2D eigenvalue weighted by atomic mass is 32.2. The second-order valence-corrected chi connectivity index (χ2v) is 4.86. The fourth-order valence-electron chi connectivity index (χ4n) is 1.08. The molecule has 1 aromatic rings. The molecule has 0 radical (unpaired) electrons. The highest BCUT2D eigenvalue weighted by molar-refractivity contribution is 7.99. The molecule has 0 aliphatic carbocycles. The summed E-state index contributed by atoms with van der Waals surface area (Å²) in [6, 6.07) is 2.01. The summed E-state index contributed by atoms with van der Waals surface area (Å²) in [4.78, 5) is 8.85. The zero-order chi connectivity index (χ0) is 11.3. The standard InChI is InChI=1S/C11H19N3S/c1-5-9-13-10(12-4)6-11(14-9)15-7-8(2)3/h6,8H,5,7H2,1-4H3,(H,12,13,14). The van der Waals surface area contributed by atoms with Crippen molar-refractivity contribution in [2.45, 2.75) is 32.2 Å². The van der Waals surface area contributed by atoms with Gasteiger partial charge in [-0.3, -0.25) is 0 Å². The maximum atomic E-state index is 4.48. The van der Waals surface area contributed by atoms with Gasteiger partial charge < -0.3 is 5.32 Å². The van der Waals surface area contributed by atoms with E-state index in [0.717, 1.165) is 28.8 Å². The Morgan fingerprint density at radius 1 is 1.40 bits per heavy atom. The Hall–Kier alpha value is -0.770. The summed E-state index contributed by atoms with van der Waals surface area (Å²) >= 11 is 1.80. The van der Waals surface area contributed by atoms with Crippen LogP contribution in [0.3, 0.4) is 0 Å². The van der Waals surface area contributed by atoms with Crippen LogP contribution in [0, 0.1) is 5.92 Å². The van der Waals surface area contributed by atoms with Gasteiger partial charge in [0.1, 0.15) is 16.7 Å². The SMILES string of the molecule is CCc1nc(NC)cc(SCC(C)C)n1. The molecule has 0 fully saturated rings. The normalized spacial score (nSPS) is 10.7. The van der Waals surface area contributed by atoms with Crippen molar-refractivity contribution < 1.29 is 0 Å². The van der Waals surface area contributed by atoms with Crippen LogP contribution in [-0.2, 0) is 6.42 Å². The first-order valence-corrected chi connectivity index (χ1v) is 6.32. The lowest BCUT2D eigenvalue weighted by molar-refractivity contribution is 0.748. The van der Waals surface area contributed by atoms with Gasteiger partial charge in [0, 0.05) is 25.3 Å². The minimum absolute atomic E-state index is 0.688. The van der Waals surface area contributed by atoms with Crippen LogP contribution in [0.4, 0.5) is 5.82 Å². The maximum Gasteiger partial charge on any atom is 0.131 e. The molecule has 0 aromatic carbocycles. The van der Waals surface area contributed by atoms with Crippen LogP contribution in [0.2, 0.25) is 0 Å². The zero-order valence-electron chi connectivity index (χ0n) is 9.87. The summed E-state index contributed by atoms with van der Waals surface area (Å²) in [6.07, 6.45) is 0.880. The van der Waals surface area contributed by atoms with E-state index in [1.165, 1.54) is 0 Å². The molecule has 1 heterocycles. The molecular formula is C11H19N3S. The van der Waals surface area contributed by atoms with E-state index >= 15 is 0 Å². The molecule has 1 aromatic heterocycles. The summed E-state index contributed by atoms with van der Waals surface area (Å²) in [5.41, 5.74) is 0. The predicted octanol–water partition coefficient (Wildman–Crippen LogP) is 2.83. The van der Waals surface area contributed by atoms with Gasteiger partial charge in [-0.25, -0.2) is 9.97 Å². The van der Waals surface area contributed by atoms with Crippen molar-refractivity contribution in [1.82, 2.24) is 9.97 Å². The summed E-state index contributed by atoms with van der Waals surface area (Å²) in [5.74, 6) is 3.61. The van der Waals surface area contributed by atoms with Gasteiger partial charge >= 0.3 is 0 Å². The van der Waals surface area contributed by atoms with Gasteiger partial charge in [0.15, 0.2) is 0 Å². The Balaban J connectivity index is 2.77. The molecule has 0 saturated heterocycles. The Morgan fingerprint density at radius 3 is 2.67 bits per heavy atom. The number of anilines is 1. The number of rotatable bonds is 5. The quantitative estimate of drug-likeness (QED) is 0.617. The minimum Gasteiger partial charge on any atom is -0.373 e. The molecule has 0 saturated carbocycles. The average Bonchev–Trinajstić information content (AvgIpc) is 2.25. The van der Waals surface area contributed by atoms with E-state index in [4.69, 9.17) is 0 Å². The highest BCUT2D eigenvalue weighted by Gasteiger charge is 2.04. The molecule has 0 spiro atoms. The molecule has 0 unspecified atom stereocenters. The number of aryl methyl sites for hydroxylation is 1. The number of hydrogen-bond donors (Lipinski definition) is 1. The predicted molar refractivity (Wildman–Crippen MR) is 66.5 cm³/mol. The lowest BCUT2D eigenvalue weighted by Crippen LogP contribution is -2.01. The van der Waals surface area contributed by atoms with Crippen LogP contribution < -0.4 is 5.32 Å². The van der Waals surface area contributed by atoms with E-state index in [2.05, 4.69) is 36.1 Å². The Morgan fingerprint density at radius 2 is 2.13 bits per heavy atom. The number of nitrogens with zero attached hydrogens (tertiary/aromatic N) is 2. The van der Waals surface area contributed by atoms with Crippen molar-refractivity contribution in [3.05, 3.63) is 11.9 Å². The second-order valence-electron chi connectivity index (χ2n) is 3.82. The molecule has 1 rings (SSSR count). The van der Waals surface area contributed by atoms with E-state index in [1.54, 1.807) is 11.8 Å². The van der Waals surface area contributed by atoms with E-state index in [-0.39, 0.29) is 0 Å². The molecule has 0 aliphatic heterocycles. The molecule has 15 heavy (non-hydrogen) atoms. The largest absolute Gasteiger partial charge is 0.373 e. The number of nitrogens with one attached hydrogen (secondary N) is 1. The smallest absolute Gasteiger partial charge is 0.131 e. The van der Waals surface area contributed by atoms with Gasteiger partial charge in [-0.1, -0.05) is 20.8 Å². The van der Waals surface area contributed by atoms with Gasteiger partial charge in [-0.15, -0.1) is 11.8 Å². The topological polar surface area (TPSA) is 37.8 Å². The van der Waals surface area contributed by atoms with E-state index < -0.39 is 0 Å². The van der Waals surface area contributed by atoms with Crippen molar-refractivity contribution in [3.8, 4) is 0 Å². The Labute approximate surface area is 96.1 Å². The number of aromatic nitrogens is 2. The van der Waals surface area contributed by atoms with E-state index in [9.17, 15) is 0 Å². The third-order valence-corrected chi connectivity index (χ3v) is 3.22. The molecular weight excluding hydrogens is 206 g/mol. The van der Waals surface area contributed by atoms with Crippen LogP contribution in [0.1, 0.15) is 26.6 Å². The molecule has 4 heteroatoms. The maximum absolute atomic E-state index is 4.48. The van der Waals surface area contributed by atoms with Crippen molar-refractivity contribution in [3.63, 3.8) is 0 Å². The zero-order valence-corrected chi connectivity index (χ0v) is 10.7. The lowest BCUT2D eigenvalue weighted by atomic mass is 10.3. The van der Waals surface area contributed by atoms with Gasteiger partial charge in [0.2, 0.25) is 0 Å². The van der Waals surface area contributed by atoms with Crippen LogP contribution in [0.15, 0.2) is 11.1 Å². The summed E-state index contributed by atoms with van der Waals surface area (Å²) < 4.78 is 0. The average molecular weight is 225 g/mol. The third kappa shape index (κ3) is 4.08. The molecule has 84 valence electrons. The summed E-state index contributed by atoms with van der Waals surface area (Å²) in [5, 5.41) is 4.13. The fourth-order valence-corrected chi connectivity index (χ4v) is 1.95. The van der Waals surface area contributed by atoms with E-state index in [1.807, 2.05) is 13.1 Å².